The van der Waals surface area contributed by atoms with Crippen molar-refractivity contribution in [1.82, 2.24) is 15.6 Å². The molecule has 1 fully saturated rings. The molecule has 0 unspecified atom stereocenters. The Kier molecular flexibility index (Phi) is 5.69. The van der Waals surface area contributed by atoms with Crippen molar-refractivity contribution in [2.45, 2.75) is 26.3 Å². The lowest BCUT2D eigenvalue weighted by molar-refractivity contribution is 0.237. The number of urea groups is 1. The van der Waals surface area contributed by atoms with E-state index in [0.717, 1.165) is 32.5 Å². The topological polar surface area (TPSA) is 57.3 Å². The highest BCUT2D eigenvalue weighted by Gasteiger charge is 2.19. The van der Waals surface area contributed by atoms with Gasteiger partial charge in [0.15, 0.2) is 0 Å². The first-order valence-electron chi connectivity index (χ1n) is 8.42. The molecular formula is C18H24N4OS. The van der Waals surface area contributed by atoms with E-state index in [-0.39, 0.29) is 6.03 Å². The van der Waals surface area contributed by atoms with Gasteiger partial charge in [-0.05, 0) is 49.9 Å². The van der Waals surface area contributed by atoms with Gasteiger partial charge >= 0.3 is 6.03 Å². The van der Waals surface area contributed by atoms with Crippen molar-refractivity contribution >= 4 is 23.1 Å². The zero-order valence-electron chi connectivity index (χ0n) is 14.0. The van der Waals surface area contributed by atoms with E-state index in [1.807, 2.05) is 12.4 Å². The van der Waals surface area contributed by atoms with Gasteiger partial charge in [0, 0.05) is 47.5 Å². The van der Waals surface area contributed by atoms with E-state index in [1.165, 1.54) is 15.4 Å². The smallest absolute Gasteiger partial charge is 0.315 e. The summed E-state index contributed by atoms with van der Waals surface area (Å²) in [6, 6.07) is 8.18. The lowest BCUT2D eigenvalue weighted by atomic mass is 9.96. The van der Waals surface area contributed by atoms with E-state index in [9.17, 15) is 4.79 Å². The Labute approximate surface area is 147 Å². The Hall–Kier alpha value is -2.08. The number of carbonyl (C=O) groups excluding carboxylic acids is 1. The standard InChI is InChI=1S/C18H24N4OS/c1-14-2-3-17(24-14)13-21-18(23)20-12-15-6-10-22(11-7-15)16-4-8-19-9-5-16/h2-5,8-9,15H,6-7,10-13H2,1H3,(H2,20,21,23). The molecule has 1 aliphatic rings. The van der Waals surface area contributed by atoms with Gasteiger partial charge in [0.2, 0.25) is 0 Å². The number of pyridine rings is 1. The highest BCUT2D eigenvalue weighted by molar-refractivity contribution is 7.11. The Balaban J connectivity index is 1.35. The maximum Gasteiger partial charge on any atom is 0.315 e. The van der Waals surface area contributed by atoms with Crippen molar-refractivity contribution < 1.29 is 4.79 Å². The zero-order valence-corrected chi connectivity index (χ0v) is 14.8. The van der Waals surface area contributed by atoms with Gasteiger partial charge in [-0.15, -0.1) is 11.3 Å². The summed E-state index contributed by atoms with van der Waals surface area (Å²) in [7, 11) is 0. The van der Waals surface area contributed by atoms with E-state index in [1.54, 1.807) is 11.3 Å². The van der Waals surface area contributed by atoms with Crippen LogP contribution in [0.3, 0.4) is 0 Å². The van der Waals surface area contributed by atoms with Gasteiger partial charge in [0.25, 0.3) is 0 Å². The van der Waals surface area contributed by atoms with Crippen LogP contribution in [0.25, 0.3) is 0 Å². The molecule has 0 saturated carbocycles. The van der Waals surface area contributed by atoms with Crippen molar-refractivity contribution in [3.63, 3.8) is 0 Å². The minimum atomic E-state index is -0.0717. The maximum atomic E-state index is 11.9. The Morgan fingerprint density at radius 1 is 1.21 bits per heavy atom. The largest absolute Gasteiger partial charge is 0.371 e. The molecule has 128 valence electrons. The molecule has 2 aromatic rings. The van der Waals surface area contributed by atoms with Crippen LogP contribution in [0.1, 0.15) is 22.6 Å². The van der Waals surface area contributed by atoms with Gasteiger partial charge in [-0.2, -0.15) is 0 Å². The lowest BCUT2D eigenvalue weighted by Gasteiger charge is -2.33. The first-order chi connectivity index (χ1) is 11.7. The van der Waals surface area contributed by atoms with Crippen molar-refractivity contribution in [3.8, 4) is 0 Å². The number of carbonyl (C=O) groups is 1. The number of aromatic nitrogens is 1. The number of nitrogens with zero attached hydrogens (tertiary/aromatic N) is 2. The summed E-state index contributed by atoms with van der Waals surface area (Å²) in [4.78, 5) is 20.8. The molecular weight excluding hydrogens is 320 g/mol. The van der Waals surface area contributed by atoms with E-state index in [0.29, 0.717) is 12.5 Å². The van der Waals surface area contributed by atoms with Crippen LogP contribution >= 0.6 is 11.3 Å². The Morgan fingerprint density at radius 3 is 2.62 bits per heavy atom. The SMILES string of the molecule is Cc1ccc(CNC(=O)NCC2CCN(c3ccncc3)CC2)s1. The fourth-order valence-corrected chi connectivity index (χ4v) is 3.83. The molecule has 0 spiro atoms. The van der Waals surface area contributed by atoms with Crippen LogP contribution in [-0.2, 0) is 6.54 Å². The number of piperidine rings is 1. The third-order valence-electron chi connectivity index (χ3n) is 4.41. The number of anilines is 1. The summed E-state index contributed by atoms with van der Waals surface area (Å²) in [5.74, 6) is 0.554. The van der Waals surface area contributed by atoms with Gasteiger partial charge in [0.1, 0.15) is 0 Å². The van der Waals surface area contributed by atoms with Gasteiger partial charge < -0.3 is 15.5 Å². The first-order valence-corrected chi connectivity index (χ1v) is 9.24. The van der Waals surface area contributed by atoms with Crippen molar-refractivity contribution in [2.75, 3.05) is 24.5 Å². The van der Waals surface area contributed by atoms with E-state index in [4.69, 9.17) is 0 Å². The number of hydrogen-bond acceptors (Lipinski definition) is 4. The minimum Gasteiger partial charge on any atom is -0.371 e. The van der Waals surface area contributed by atoms with Crippen LogP contribution in [0.5, 0.6) is 0 Å². The monoisotopic (exact) mass is 344 g/mol. The average Bonchev–Trinajstić information content (AvgIpc) is 3.05. The third-order valence-corrected chi connectivity index (χ3v) is 5.41. The minimum absolute atomic E-state index is 0.0717. The molecule has 1 saturated heterocycles. The van der Waals surface area contributed by atoms with Crippen LogP contribution in [0, 0.1) is 12.8 Å². The number of amides is 2. The second-order valence-corrected chi connectivity index (χ2v) is 7.58. The maximum absolute atomic E-state index is 11.9. The average molecular weight is 344 g/mol. The first kappa shape index (κ1) is 16.8. The predicted molar refractivity (Wildman–Crippen MR) is 98.5 cm³/mol. The molecule has 1 aliphatic heterocycles. The van der Waals surface area contributed by atoms with Crippen LogP contribution in [0.15, 0.2) is 36.7 Å². The zero-order chi connectivity index (χ0) is 16.8. The van der Waals surface area contributed by atoms with Crippen LogP contribution in [-0.4, -0.2) is 30.6 Å². The van der Waals surface area contributed by atoms with Crippen LogP contribution in [0.2, 0.25) is 0 Å². The van der Waals surface area contributed by atoms with Gasteiger partial charge in [0.05, 0.1) is 6.54 Å². The highest BCUT2D eigenvalue weighted by Crippen LogP contribution is 2.22. The summed E-state index contributed by atoms with van der Waals surface area (Å²) in [6.07, 6.45) is 5.88. The molecule has 0 atom stereocenters. The van der Waals surface area contributed by atoms with Gasteiger partial charge in [-0.1, -0.05) is 0 Å². The normalized spacial score (nSPS) is 15.3. The Morgan fingerprint density at radius 2 is 1.96 bits per heavy atom. The van der Waals surface area contributed by atoms with Gasteiger partial charge in [-0.25, -0.2) is 4.79 Å². The second kappa shape index (κ2) is 8.15. The van der Waals surface area contributed by atoms with Crippen molar-refractivity contribution in [2.24, 2.45) is 5.92 Å². The molecule has 2 amide bonds. The third kappa shape index (κ3) is 4.71. The highest BCUT2D eigenvalue weighted by atomic mass is 32.1. The van der Waals surface area contributed by atoms with Crippen LogP contribution in [0.4, 0.5) is 10.5 Å². The summed E-state index contributed by atoms with van der Waals surface area (Å²) in [6.45, 7) is 5.50. The molecule has 24 heavy (non-hydrogen) atoms. The summed E-state index contributed by atoms with van der Waals surface area (Å²) in [5.41, 5.74) is 1.24. The molecule has 5 nitrogen and oxygen atoms in total. The Bertz CT molecular complexity index is 650. The van der Waals surface area contributed by atoms with E-state index < -0.39 is 0 Å². The number of thiophene rings is 1. The summed E-state index contributed by atoms with van der Waals surface area (Å²) in [5, 5.41) is 5.94. The number of nitrogens with one attached hydrogen (secondary N) is 2. The van der Waals surface area contributed by atoms with Crippen molar-refractivity contribution in [1.29, 1.82) is 0 Å². The molecule has 2 aromatic heterocycles. The molecule has 3 heterocycles. The quantitative estimate of drug-likeness (QED) is 0.876. The number of rotatable bonds is 5. The van der Waals surface area contributed by atoms with Gasteiger partial charge in [-0.3, -0.25) is 4.98 Å². The predicted octanol–water partition coefficient (Wildman–Crippen LogP) is 3.17. The van der Waals surface area contributed by atoms with E-state index >= 15 is 0 Å². The number of hydrogen-bond donors (Lipinski definition) is 2. The second-order valence-electron chi connectivity index (χ2n) is 6.21. The molecule has 3 rings (SSSR count). The molecule has 0 aromatic carbocycles. The molecule has 0 bridgehead atoms. The molecule has 6 heteroatoms. The van der Waals surface area contributed by atoms with Crippen molar-refractivity contribution in [3.05, 3.63) is 46.4 Å². The fraction of sp³-hybridized carbons (Fsp3) is 0.444. The number of aryl methyl sites for hydroxylation is 1. The molecule has 0 aliphatic carbocycles. The summed E-state index contributed by atoms with van der Waals surface area (Å²) < 4.78 is 0. The summed E-state index contributed by atoms with van der Waals surface area (Å²) >= 11 is 1.72. The molecule has 2 N–H and O–H groups in total. The lowest BCUT2D eigenvalue weighted by Crippen LogP contribution is -2.41. The van der Waals surface area contributed by atoms with E-state index in [2.05, 4.69) is 51.7 Å². The fourth-order valence-electron chi connectivity index (χ4n) is 3.00. The molecule has 0 radical (unpaired) electrons. The van der Waals surface area contributed by atoms with Crippen LogP contribution < -0.4 is 15.5 Å².